The Bertz CT molecular complexity index is 369. The predicted molar refractivity (Wildman–Crippen MR) is 59.1 cm³/mol. The lowest BCUT2D eigenvalue weighted by molar-refractivity contribution is -0.149. The van der Waals surface area contributed by atoms with E-state index in [0.29, 0.717) is 10.0 Å². The molecule has 1 unspecified atom stereocenters. The van der Waals surface area contributed by atoms with Crippen LogP contribution in [0.5, 0.6) is 0 Å². The molecule has 0 saturated carbocycles. The van der Waals surface area contributed by atoms with Crippen molar-refractivity contribution in [3.05, 3.63) is 34.3 Å². The van der Waals surface area contributed by atoms with Crippen LogP contribution in [0.2, 0.25) is 0 Å². The number of carbonyl (C=O) groups is 1. The number of esters is 1. The van der Waals surface area contributed by atoms with Crippen molar-refractivity contribution in [2.24, 2.45) is 5.73 Å². The van der Waals surface area contributed by atoms with Gasteiger partial charge in [-0.3, -0.25) is 0 Å². The van der Waals surface area contributed by atoms with Crippen LogP contribution < -0.4 is 5.73 Å². The Balaban J connectivity index is 3.23. The lowest BCUT2D eigenvalue weighted by Crippen LogP contribution is -2.49. The van der Waals surface area contributed by atoms with Crippen molar-refractivity contribution in [3.8, 4) is 0 Å². The molecule has 0 heterocycles. The fourth-order valence-electron chi connectivity index (χ4n) is 1.26. The Hall–Kier alpha value is -0.910. The van der Waals surface area contributed by atoms with Gasteiger partial charge in [-0.1, -0.05) is 34.1 Å². The molecule has 15 heavy (non-hydrogen) atoms. The molecule has 1 atom stereocenters. The van der Waals surface area contributed by atoms with Gasteiger partial charge in [-0.2, -0.15) is 0 Å². The van der Waals surface area contributed by atoms with Gasteiger partial charge in [-0.05, 0) is 11.6 Å². The zero-order chi connectivity index (χ0) is 11.5. The van der Waals surface area contributed by atoms with Gasteiger partial charge in [0.15, 0.2) is 5.54 Å². The zero-order valence-electron chi connectivity index (χ0n) is 8.24. The summed E-state index contributed by atoms with van der Waals surface area (Å²) in [5, 5.41) is 9.22. The summed E-state index contributed by atoms with van der Waals surface area (Å²) in [6.45, 7) is -0.512. The van der Waals surface area contributed by atoms with Crippen LogP contribution in [0.1, 0.15) is 5.56 Å². The minimum Gasteiger partial charge on any atom is -0.467 e. The van der Waals surface area contributed by atoms with Gasteiger partial charge < -0.3 is 15.6 Å². The Kier molecular flexibility index (Phi) is 3.84. The molecule has 5 heteroatoms. The summed E-state index contributed by atoms with van der Waals surface area (Å²) >= 11 is 3.27. The average molecular weight is 274 g/mol. The highest BCUT2D eigenvalue weighted by molar-refractivity contribution is 9.10. The molecule has 4 nitrogen and oxygen atoms in total. The first kappa shape index (κ1) is 12.2. The molecule has 0 aromatic heterocycles. The van der Waals surface area contributed by atoms with Crippen molar-refractivity contribution in [3.63, 3.8) is 0 Å². The maximum absolute atomic E-state index is 11.5. The van der Waals surface area contributed by atoms with Gasteiger partial charge in [0.1, 0.15) is 0 Å². The number of nitrogens with two attached hydrogens (primary N) is 1. The van der Waals surface area contributed by atoms with Gasteiger partial charge in [0.05, 0.1) is 13.7 Å². The van der Waals surface area contributed by atoms with Crippen LogP contribution in [0, 0.1) is 0 Å². The van der Waals surface area contributed by atoms with E-state index in [2.05, 4.69) is 20.7 Å². The zero-order valence-corrected chi connectivity index (χ0v) is 9.82. The van der Waals surface area contributed by atoms with Crippen LogP contribution in [0.4, 0.5) is 0 Å². The number of aliphatic hydroxyl groups excluding tert-OH is 1. The number of ether oxygens (including phenoxy) is 1. The minimum atomic E-state index is -1.52. The number of halogens is 1. The molecule has 1 aromatic carbocycles. The van der Waals surface area contributed by atoms with Crippen molar-refractivity contribution in [2.45, 2.75) is 5.54 Å². The molecule has 3 N–H and O–H groups in total. The predicted octanol–water partition coefficient (Wildman–Crippen LogP) is 0.768. The van der Waals surface area contributed by atoms with Crippen LogP contribution in [0.15, 0.2) is 28.7 Å². The van der Waals surface area contributed by atoms with Crippen LogP contribution in [0.25, 0.3) is 0 Å². The lowest BCUT2D eigenvalue weighted by atomic mass is 9.92. The van der Waals surface area contributed by atoms with Gasteiger partial charge in [0.2, 0.25) is 0 Å². The topological polar surface area (TPSA) is 72.5 Å². The number of methoxy groups -OCH3 is 1. The largest absolute Gasteiger partial charge is 0.467 e. The summed E-state index contributed by atoms with van der Waals surface area (Å²) in [6, 6.07) is 6.94. The fourth-order valence-corrected chi connectivity index (χ4v) is 1.90. The first-order valence-electron chi connectivity index (χ1n) is 4.29. The second kappa shape index (κ2) is 4.74. The van der Waals surface area contributed by atoms with Crippen LogP contribution in [0.3, 0.4) is 0 Å². The molecule has 82 valence electrons. The summed E-state index contributed by atoms with van der Waals surface area (Å²) in [6.07, 6.45) is 0. The normalized spacial score (nSPS) is 14.4. The first-order chi connectivity index (χ1) is 7.06. The van der Waals surface area contributed by atoms with E-state index in [1.807, 2.05) is 0 Å². The van der Waals surface area contributed by atoms with Crippen molar-refractivity contribution < 1.29 is 14.6 Å². The van der Waals surface area contributed by atoms with Crippen LogP contribution in [-0.4, -0.2) is 24.8 Å². The molecule has 0 radical (unpaired) electrons. The second-order valence-corrected chi connectivity index (χ2v) is 3.96. The van der Waals surface area contributed by atoms with Crippen molar-refractivity contribution in [2.75, 3.05) is 13.7 Å². The third-order valence-electron chi connectivity index (χ3n) is 2.15. The SMILES string of the molecule is COC(=O)C(N)(CO)c1ccccc1Br. The lowest BCUT2D eigenvalue weighted by Gasteiger charge is -2.25. The number of aliphatic hydroxyl groups is 1. The van der Waals surface area contributed by atoms with E-state index in [1.165, 1.54) is 7.11 Å². The Morgan fingerprint density at radius 1 is 1.60 bits per heavy atom. The number of hydrogen-bond acceptors (Lipinski definition) is 4. The van der Waals surface area contributed by atoms with E-state index in [0.717, 1.165) is 0 Å². The highest BCUT2D eigenvalue weighted by Crippen LogP contribution is 2.27. The maximum atomic E-state index is 11.5. The van der Waals surface area contributed by atoms with Crippen LogP contribution >= 0.6 is 15.9 Å². The Morgan fingerprint density at radius 3 is 2.67 bits per heavy atom. The maximum Gasteiger partial charge on any atom is 0.332 e. The van der Waals surface area contributed by atoms with E-state index < -0.39 is 18.1 Å². The highest BCUT2D eigenvalue weighted by Gasteiger charge is 2.38. The number of benzene rings is 1. The molecular weight excluding hydrogens is 262 g/mol. The summed E-state index contributed by atoms with van der Waals surface area (Å²) in [5.41, 5.74) is 4.80. The van der Waals surface area contributed by atoms with E-state index in [-0.39, 0.29) is 0 Å². The fraction of sp³-hybridized carbons (Fsp3) is 0.300. The molecule has 0 fully saturated rings. The molecule has 0 spiro atoms. The van der Waals surface area contributed by atoms with Crippen molar-refractivity contribution in [1.29, 1.82) is 0 Å². The molecule has 1 rings (SSSR count). The third kappa shape index (κ3) is 2.19. The van der Waals surface area contributed by atoms with Crippen LogP contribution in [-0.2, 0) is 15.1 Å². The Labute approximate surface area is 96.2 Å². The van der Waals surface area contributed by atoms with Gasteiger partial charge >= 0.3 is 5.97 Å². The van der Waals surface area contributed by atoms with Crippen molar-refractivity contribution >= 4 is 21.9 Å². The molecule has 0 saturated heterocycles. The van der Waals surface area contributed by atoms with Gasteiger partial charge in [0, 0.05) is 4.47 Å². The molecule has 0 bridgehead atoms. The number of carbonyl (C=O) groups excluding carboxylic acids is 1. The highest BCUT2D eigenvalue weighted by atomic mass is 79.9. The van der Waals surface area contributed by atoms with Crippen molar-refractivity contribution in [1.82, 2.24) is 0 Å². The van der Waals surface area contributed by atoms with E-state index in [9.17, 15) is 9.90 Å². The standard InChI is InChI=1S/C10H12BrNO3/c1-15-9(14)10(12,6-13)7-4-2-3-5-8(7)11/h2-5,13H,6,12H2,1H3. The molecular formula is C10H12BrNO3. The van der Waals surface area contributed by atoms with E-state index >= 15 is 0 Å². The summed E-state index contributed by atoms with van der Waals surface area (Å²) in [7, 11) is 1.23. The number of hydrogen-bond donors (Lipinski definition) is 2. The molecule has 1 aromatic rings. The number of rotatable bonds is 3. The average Bonchev–Trinajstić information content (AvgIpc) is 2.27. The molecule has 0 aliphatic heterocycles. The molecule has 0 aliphatic carbocycles. The molecule has 0 aliphatic rings. The quantitative estimate of drug-likeness (QED) is 0.798. The monoisotopic (exact) mass is 273 g/mol. The summed E-state index contributed by atoms with van der Waals surface area (Å²) < 4.78 is 5.23. The van der Waals surface area contributed by atoms with Gasteiger partial charge in [-0.25, -0.2) is 4.79 Å². The summed E-state index contributed by atoms with van der Waals surface area (Å²) in [5.74, 6) is -0.670. The second-order valence-electron chi connectivity index (χ2n) is 3.10. The summed E-state index contributed by atoms with van der Waals surface area (Å²) in [4.78, 5) is 11.5. The minimum absolute atomic E-state index is 0.499. The van der Waals surface area contributed by atoms with Gasteiger partial charge in [-0.15, -0.1) is 0 Å². The van der Waals surface area contributed by atoms with E-state index in [1.54, 1.807) is 24.3 Å². The first-order valence-corrected chi connectivity index (χ1v) is 5.08. The third-order valence-corrected chi connectivity index (χ3v) is 2.85. The molecule has 0 amide bonds. The van der Waals surface area contributed by atoms with Gasteiger partial charge in [0.25, 0.3) is 0 Å². The Morgan fingerprint density at radius 2 is 2.20 bits per heavy atom. The van der Waals surface area contributed by atoms with E-state index in [4.69, 9.17) is 5.73 Å². The smallest absolute Gasteiger partial charge is 0.332 e.